The molecule has 2 aromatic carbocycles. The Morgan fingerprint density at radius 1 is 1.07 bits per heavy atom. The molecule has 3 aromatic rings. The Bertz CT molecular complexity index is 1360. The summed E-state index contributed by atoms with van der Waals surface area (Å²) >= 11 is 0. The third-order valence-corrected chi connectivity index (χ3v) is 6.93. The number of carboxylic acids is 1. The highest BCUT2D eigenvalue weighted by Crippen LogP contribution is 2.29. The van der Waals surface area contributed by atoms with Crippen molar-refractivity contribution in [3.8, 4) is 17.2 Å². The zero-order valence-electron chi connectivity index (χ0n) is 23.7. The summed E-state index contributed by atoms with van der Waals surface area (Å²) in [6.07, 6.45) is 3.06. The molecular weight excluding hydrogens is 526 g/mol. The number of nitrogens with zero attached hydrogens (tertiary/aromatic N) is 1. The predicted octanol–water partition coefficient (Wildman–Crippen LogP) is 5.66. The van der Waals surface area contributed by atoms with Gasteiger partial charge in [-0.15, -0.1) is 0 Å². The largest absolute Gasteiger partial charge is 0.493 e. The van der Waals surface area contributed by atoms with Crippen molar-refractivity contribution in [1.29, 1.82) is 0 Å². The van der Waals surface area contributed by atoms with E-state index < -0.39 is 12.1 Å². The van der Waals surface area contributed by atoms with Crippen molar-refractivity contribution in [3.63, 3.8) is 0 Å². The zero-order valence-corrected chi connectivity index (χ0v) is 23.7. The SMILES string of the molecule is Cc1oc(-c2ccc(NC(=O)C3CCC3)cc2)nc1CCOc1ccc(CCC(=O)O)c(CNC(=O)OC(C)C)c1. The monoisotopic (exact) mass is 563 g/mol. The molecule has 0 radical (unpaired) electrons. The average Bonchev–Trinajstić information content (AvgIpc) is 3.26. The highest BCUT2D eigenvalue weighted by Gasteiger charge is 2.25. The first kappa shape index (κ1) is 29.6. The number of benzene rings is 2. The Hall–Kier alpha value is -4.34. The maximum absolute atomic E-state index is 12.2. The van der Waals surface area contributed by atoms with Crippen LogP contribution in [0.1, 0.15) is 62.1 Å². The lowest BCUT2D eigenvalue weighted by Gasteiger charge is -2.24. The summed E-state index contributed by atoms with van der Waals surface area (Å²) in [5.41, 5.74) is 3.92. The van der Waals surface area contributed by atoms with E-state index in [0.29, 0.717) is 36.8 Å². The number of ether oxygens (including phenoxy) is 2. The van der Waals surface area contributed by atoms with E-state index in [1.165, 1.54) is 0 Å². The van der Waals surface area contributed by atoms with E-state index in [4.69, 9.17) is 19.0 Å². The Balaban J connectivity index is 1.34. The topological polar surface area (TPSA) is 140 Å². The minimum Gasteiger partial charge on any atom is -0.493 e. The molecule has 3 N–H and O–H groups in total. The van der Waals surface area contributed by atoms with Gasteiger partial charge in [0.1, 0.15) is 11.5 Å². The van der Waals surface area contributed by atoms with E-state index in [-0.39, 0.29) is 30.9 Å². The van der Waals surface area contributed by atoms with Gasteiger partial charge in [0.2, 0.25) is 11.8 Å². The standard InChI is InChI=1S/C31H37N3O7/c1-19(2)40-31(38)32-18-24-17-26(13-9-21(24)10-14-28(35)36)39-16-15-27-20(3)41-30(34-27)23-7-11-25(12-8-23)33-29(37)22-5-4-6-22/h7-9,11-13,17,19,22H,4-6,10,14-16,18H2,1-3H3,(H,32,38)(H,33,37)(H,35,36). The van der Waals surface area contributed by atoms with Crippen LogP contribution in [0.3, 0.4) is 0 Å². The van der Waals surface area contributed by atoms with Gasteiger partial charge in [-0.3, -0.25) is 9.59 Å². The fourth-order valence-electron chi connectivity index (χ4n) is 4.43. The molecule has 4 rings (SSSR count). The number of hydrogen-bond acceptors (Lipinski definition) is 7. The van der Waals surface area contributed by atoms with E-state index in [1.807, 2.05) is 37.3 Å². The van der Waals surface area contributed by atoms with Gasteiger partial charge in [0.05, 0.1) is 18.4 Å². The molecule has 1 heterocycles. The molecule has 218 valence electrons. The van der Waals surface area contributed by atoms with Crippen molar-refractivity contribution in [2.45, 2.75) is 71.9 Å². The number of carboxylic acid groups (broad SMARTS) is 1. The van der Waals surface area contributed by atoms with Crippen LogP contribution in [0, 0.1) is 12.8 Å². The smallest absolute Gasteiger partial charge is 0.407 e. The molecule has 41 heavy (non-hydrogen) atoms. The third kappa shape index (κ3) is 8.57. The van der Waals surface area contributed by atoms with Crippen LogP contribution >= 0.6 is 0 Å². The number of anilines is 1. The van der Waals surface area contributed by atoms with Gasteiger partial charge in [-0.1, -0.05) is 12.5 Å². The van der Waals surface area contributed by atoms with Crippen molar-refractivity contribution in [2.24, 2.45) is 5.92 Å². The quantitative estimate of drug-likeness (QED) is 0.242. The Morgan fingerprint density at radius 2 is 1.83 bits per heavy atom. The summed E-state index contributed by atoms with van der Waals surface area (Å²) in [6.45, 7) is 5.92. The fourth-order valence-corrected chi connectivity index (χ4v) is 4.43. The van der Waals surface area contributed by atoms with Crippen molar-refractivity contribution in [2.75, 3.05) is 11.9 Å². The Labute approximate surface area is 239 Å². The number of aryl methyl sites for hydroxylation is 2. The molecule has 2 amide bonds. The highest BCUT2D eigenvalue weighted by molar-refractivity contribution is 5.93. The first-order valence-electron chi connectivity index (χ1n) is 14.0. The number of aromatic nitrogens is 1. The number of carbonyl (C=O) groups excluding carboxylic acids is 2. The first-order valence-corrected chi connectivity index (χ1v) is 14.0. The molecule has 1 aliphatic carbocycles. The molecule has 0 saturated heterocycles. The summed E-state index contributed by atoms with van der Waals surface area (Å²) in [5.74, 6) is 1.10. The van der Waals surface area contributed by atoms with Crippen LogP contribution in [-0.4, -0.2) is 40.8 Å². The lowest BCUT2D eigenvalue weighted by Crippen LogP contribution is -2.27. The molecule has 1 saturated carbocycles. The molecule has 0 aliphatic heterocycles. The maximum atomic E-state index is 12.2. The van der Waals surface area contributed by atoms with Crippen LogP contribution in [0.2, 0.25) is 0 Å². The van der Waals surface area contributed by atoms with Gasteiger partial charge in [-0.25, -0.2) is 9.78 Å². The van der Waals surface area contributed by atoms with E-state index >= 15 is 0 Å². The molecular formula is C31H37N3O7. The molecule has 0 bridgehead atoms. The van der Waals surface area contributed by atoms with Crippen molar-refractivity contribution >= 4 is 23.7 Å². The summed E-state index contributed by atoms with van der Waals surface area (Å²) < 4.78 is 17.0. The van der Waals surface area contributed by atoms with E-state index in [2.05, 4.69) is 15.6 Å². The van der Waals surface area contributed by atoms with Gasteiger partial charge in [-0.05, 0) is 87.6 Å². The zero-order chi connectivity index (χ0) is 29.4. The highest BCUT2D eigenvalue weighted by atomic mass is 16.6. The molecule has 0 unspecified atom stereocenters. The maximum Gasteiger partial charge on any atom is 0.407 e. The third-order valence-electron chi connectivity index (χ3n) is 6.93. The predicted molar refractivity (Wildman–Crippen MR) is 153 cm³/mol. The normalized spacial score (nSPS) is 13.0. The summed E-state index contributed by atoms with van der Waals surface area (Å²) in [7, 11) is 0. The lowest BCUT2D eigenvalue weighted by molar-refractivity contribution is -0.137. The van der Waals surface area contributed by atoms with Gasteiger partial charge in [0.25, 0.3) is 0 Å². The molecule has 1 aliphatic rings. The van der Waals surface area contributed by atoms with E-state index in [9.17, 15) is 14.4 Å². The number of carbonyl (C=O) groups is 3. The fraction of sp³-hybridized carbons (Fsp3) is 0.419. The van der Waals surface area contributed by atoms with Crippen LogP contribution in [0.15, 0.2) is 46.9 Å². The summed E-state index contributed by atoms with van der Waals surface area (Å²) in [5, 5.41) is 14.8. The lowest BCUT2D eigenvalue weighted by atomic mass is 9.85. The van der Waals surface area contributed by atoms with Crippen LogP contribution in [-0.2, 0) is 33.7 Å². The number of rotatable bonds is 13. The molecule has 10 heteroatoms. The van der Waals surface area contributed by atoms with Crippen LogP contribution in [0.25, 0.3) is 11.5 Å². The van der Waals surface area contributed by atoms with Crippen LogP contribution in [0.4, 0.5) is 10.5 Å². The number of aliphatic carboxylic acids is 1. The van der Waals surface area contributed by atoms with Crippen molar-refractivity contribution in [3.05, 3.63) is 65.0 Å². The van der Waals surface area contributed by atoms with E-state index in [1.54, 1.807) is 26.0 Å². The van der Waals surface area contributed by atoms with Gasteiger partial charge in [0.15, 0.2) is 0 Å². The van der Waals surface area contributed by atoms with Crippen LogP contribution in [0.5, 0.6) is 5.75 Å². The average molecular weight is 564 g/mol. The first-order chi connectivity index (χ1) is 19.7. The second kappa shape index (κ2) is 13.8. The van der Waals surface area contributed by atoms with E-state index in [0.717, 1.165) is 47.3 Å². The van der Waals surface area contributed by atoms with Crippen LogP contribution < -0.4 is 15.4 Å². The minimum absolute atomic E-state index is 0.0186. The Morgan fingerprint density at radius 3 is 2.49 bits per heavy atom. The summed E-state index contributed by atoms with van der Waals surface area (Å²) in [4.78, 5) is 39.9. The van der Waals surface area contributed by atoms with Gasteiger partial charge < -0.3 is 29.6 Å². The molecule has 1 fully saturated rings. The minimum atomic E-state index is -0.891. The second-order valence-corrected chi connectivity index (χ2v) is 10.4. The van der Waals surface area contributed by atoms with Crippen molar-refractivity contribution < 1.29 is 33.4 Å². The van der Waals surface area contributed by atoms with Gasteiger partial charge in [-0.2, -0.15) is 0 Å². The van der Waals surface area contributed by atoms with Gasteiger partial charge in [0, 0.05) is 36.6 Å². The number of alkyl carbamates (subject to hydrolysis) is 1. The number of amides is 2. The summed E-state index contributed by atoms with van der Waals surface area (Å²) in [6, 6.07) is 12.9. The number of hydrogen-bond donors (Lipinski definition) is 3. The van der Waals surface area contributed by atoms with Gasteiger partial charge >= 0.3 is 12.1 Å². The molecule has 10 nitrogen and oxygen atoms in total. The molecule has 0 spiro atoms. The number of oxazole rings is 1. The molecule has 1 aromatic heterocycles. The number of nitrogens with one attached hydrogen (secondary N) is 2. The molecule has 0 atom stereocenters. The Kier molecular flexibility index (Phi) is 10.00. The second-order valence-electron chi connectivity index (χ2n) is 10.4. The van der Waals surface area contributed by atoms with Crippen molar-refractivity contribution in [1.82, 2.24) is 10.3 Å².